The lowest BCUT2D eigenvalue weighted by Gasteiger charge is -2.21. The molecule has 1 aliphatic heterocycles. The molecule has 2 aromatic rings. The van der Waals surface area contributed by atoms with Crippen molar-refractivity contribution in [1.82, 2.24) is 19.7 Å². The predicted octanol–water partition coefficient (Wildman–Crippen LogP) is 2.85. The van der Waals surface area contributed by atoms with Crippen LogP contribution in [-0.2, 0) is 11.3 Å². The molecule has 1 atom stereocenters. The summed E-state index contributed by atoms with van der Waals surface area (Å²) in [5.41, 5.74) is 9.83. The summed E-state index contributed by atoms with van der Waals surface area (Å²) < 4.78 is 7.42. The van der Waals surface area contributed by atoms with Crippen LogP contribution in [0, 0.1) is 0 Å². The minimum atomic E-state index is -0.0239. The van der Waals surface area contributed by atoms with Crippen LogP contribution < -0.4 is 0 Å². The predicted molar refractivity (Wildman–Crippen MR) is 74.9 cm³/mol. The van der Waals surface area contributed by atoms with Crippen LogP contribution in [0.5, 0.6) is 0 Å². The van der Waals surface area contributed by atoms with Crippen molar-refractivity contribution in [2.45, 2.75) is 32.0 Å². The van der Waals surface area contributed by atoms with Gasteiger partial charge in [0.25, 0.3) is 0 Å². The quantitative estimate of drug-likeness (QED) is 0.489. The van der Waals surface area contributed by atoms with Crippen LogP contribution in [0.25, 0.3) is 22.0 Å². The molecule has 1 saturated heterocycles. The molecule has 0 bridgehead atoms. The molecule has 108 valence electrons. The fraction of sp³-hybridized carbons (Fsp3) is 0.462. The Kier molecular flexibility index (Phi) is 4.09. The fourth-order valence-electron chi connectivity index (χ4n) is 2.23. The summed E-state index contributed by atoms with van der Waals surface area (Å²) in [6.07, 6.45) is 6.53. The van der Waals surface area contributed by atoms with Gasteiger partial charge in [0.05, 0.1) is 6.54 Å². The molecule has 21 heavy (non-hydrogen) atoms. The van der Waals surface area contributed by atoms with E-state index in [9.17, 15) is 0 Å². The van der Waals surface area contributed by atoms with Crippen LogP contribution >= 0.6 is 0 Å². The molecule has 1 unspecified atom stereocenters. The Morgan fingerprint density at radius 3 is 3.05 bits per heavy atom. The van der Waals surface area contributed by atoms with E-state index >= 15 is 0 Å². The first-order chi connectivity index (χ1) is 10.4. The number of ether oxygens (including phenoxy) is 1. The summed E-state index contributed by atoms with van der Waals surface area (Å²) >= 11 is 0. The van der Waals surface area contributed by atoms with Gasteiger partial charge in [-0.25, -0.2) is 9.67 Å². The van der Waals surface area contributed by atoms with Crippen LogP contribution in [-0.4, -0.2) is 26.4 Å². The van der Waals surface area contributed by atoms with Crippen LogP contribution in [0.3, 0.4) is 0 Å². The van der Waals surface area contributed by atoms with Crippen molar-refractivity contribution in [2.75, 3.05) is 6.61 Å². The largest absolute Gasteiger partial charge is 0.356 e. The summed E-state index contributed by atoms with van der Waals surface area (Å²) in [7, 11) is 0. The van der Waals surface area contributed by atoms with Crippen molar-refractivity contribution in [3.05, 3.63) is 40.7 Å². The zero-order valence-corrected chi connectivity index (χ0v) is 11.5. The molecule has 0 spiro atoms. The standard InChI is InChI=1S/C13H15N7O/c14-19-17-8-10-4-5-11(15-7-10)13-16-9-20(18-13)12-3-1-2-6-21-12/h4-5,7,9,12H,1-3,6,8H2. The highest BCUT2D eigenvalue weighted by Gasteiger charge is 2.17. The van der Waals surface area contributed by atoms with Crippen LogP contribution in [0.2, 0.25) is 0 Å². The minimum Gasteiger partial charge on any atom is -0.356 e. The number of aromatic nitrogens is 4. The maximum atomic E-state index is 8.29. The highest BCUT2D eigenvalue weighted by Crippen LogP contribution is 2.22. The van der Waals surface area contributed by atoms with Crippen molar-refractivity contribution < 1.29 is 4.74 Å². The summed E-state index contributed by atoms with van der Waals surface area (Å²) in [4.78, 5) is 11.3. The summed E-state index contributed by atoms with van der Waals surface area (Å²) in [5, 5.41) is 7.93. The van der Waals surface area contributed by atoms with Crippen molar-refractivity contribution >= 4 is 0 Å². The second-order valence-electron chi connectivity index (χ2n) is 4.81. The van der Waals surface area contributed by atoms with Gasteiger partial charge in [-0.2, -0.15) is 0 Å². The Morgan fingerprint density at radius 1 is 1.38 bits per heavy atom. The smallest absolute Gasteiger partial charge is 0.199 e. The molecule has 0 amide bonds. The van der Waals surface area contributed by atoms with E-state index in [0.717, 1.165) is 31.4 Å². The SMILES string of the molecule is [N-]=[N+]=NCc1ccc(-c2ncn(C3CCCCO3)n2)nc1. The minimum absolute atomic E-state index is 0.0239. The zero-order chi connectivity index (χ0) is 14.5. The molecule has 0 saturated carbocycles. The third kappa shape index (κ3) is 3.18. The molecular formula is C13H15N7O. The lowest BCUT2D eigenvalue weighted by molar-refractivity contribution is -0.0395. The third-order valence-electron chi connectivity index (χ3n) is 3.33. The van der Waals surface area contributed by atoms with E-state index in [2.05, 4.69) is 25.1 Å². The average Bonchev–Trinajstić information content (AvgIpc) is 3.04. The Labute approximate surface area is 121 Å². The van der Waals surface area contributed by atoms with E-state index < -0.39 is 0 Å². The molecule has 8 nitrogen and oxygen atoms in total. The first kappa shape index (κ1) is 13.5. The highest BCUT2D eigenvalue weighted by molar-refractivity contribution is 5.47. The van der Waals surface area contributed by atoms with Gasteiger partial charge in [0.1, 0.15) is 12.0 Å². The van der Waals surface area contributed by atoms with Gasteiger partial charge in [-0.05, 0) is 36.4 Å². The molecule has 0 aromatic carbocycles. The topological polar surface area (TPSA) is 102 Å². The molecular weight excluding hydrogens is 270 g/mol. The summed E-state index contributed by atoms with van der Waals surface area (Å²) in [6, 6.07) is 3.68. The van der Waals surface area contributed by atoms with E-state index in [-0.39, 0.29) is 6.23 Å². The van der Waals surface area contributed by atoms with Crippen LogP contribution in [0.4, 0.5) is 0 Å². The maximum Gasteiger partial charge on any atom is 0.199 e. The second-order valence-corrected chi connectivity index (χ2v) is 4.81. The van der Waals surface area contributed by atoms with Gasteiger partial charge in [-0.15, -0.1) is 5.10 Å². The number of nitrogens with zero attached hydrogens (tertiary/aromatic N) is 7. The molecule has 1 aliphatic rings. The van der Waals surface area contributed by atoms with E-state index in [4.69, 9.17) is 10.3 Å². The van der Waals surface area contributed by atoms with E-state index in [0.29, 0.717) is 18.1 Å². The molecule has 0 N–H and O–H groups in total. The molecule has 0 radical (unpaired) electrons. The Hall–Kier alpha value is -2.44. The first-order valence-corrected chi connectivity index (χ1v) is 6.86. The number of pyridine rings is 1. The Morgan fingerprint density at radius 2 is 2.33 bits per heavy atom. The average molecular weight is 285 g/mol. The highest BCUT2D eigenvalue weighted by atomic mass is 16.5. The molecule has 0 aliphatic carbocycles. The summed E-state index contributed by atoms with van der Waals surface area (Å²) in [5.74, 6) is 0.569. The van der Waals surface area contributed by atoms with Gasteiger partial charge in [-0.3, -0.25) is 4.98 Å². The van der Waals surface area contributed by atoms with Gasteiger partial charge in [0.15, 0.2) is 12.1 Å². The van der Waals surface area contributed by atoms with E-state index in [1.165, 1.54) is 0 Å². The fourth-order valence-corrected chi connectivity index (χ4v) is 2.23. The second kappa shape index (κ2) is 6.34. The van der Waals surface area contributed by atoms with Crippen molar-refractivity contribution in [1.29, 1.82) is 0 Å². The van der Waals surface area contributed by atoms with E-state index in [1.54, 1.807) is 17.2 Å². The Bertz CT molecular complexity index is 639. The number of hydrogen-bond acceptors (Lipinski definition) is 5. The lowest BCUT2D eigenvalue weighted by atomic mass is 10.2. The van der Waals surface area contributed by atoms with Gasteiger partial charge < -0.3 is 4.74 Å². The van der Waals surface area contributed by atoms with E-state index in [1.807, 2.05) is 12.1 Å². The zero-order valence-electron chi connectivity index (χ0n) is 11.5. The number of rotatable bonds is 4. The molecule has 2 aromatic heterocycles. The lowest BCUT2D eigenvalue weighted by Crippen LogP contribution is -2.18. The summed E-state index contributed by atoms with van der Waals surface area (Å²) in [6.45, 7) is 1.06. The van der Waals surface area contributed by atoms with Gasteiger partial charge in [0.2, 0.25) is 0 Å². The molecule has 8 heteroatoms. The number of azide groups is 1. The third-order valence-corrected chi connectivity index (χ3v) is 3.33. The first-order valence-electron chi connectivity index (χ1n) is 6.86. The van der Waals surface area contributed by atoms with Crippen molar-refractivity contribution in [3.8, 4) is 11.5 Å². The molecule has 3 rings (SSSR count). The van der Waals surface area contributed by atoms with Crippen LogP contribution in [0.1, 0.15) is 31.1 Å². The van der Waals surface area contributed by atoms with Gasteiger partial charge >= 0.3 is 0 Å². The van der Waals surface area contributed by atoms with Crippen LogP contribution in [0.15, 0.2) is 29.8 Å². The monoisotopic (exact) mass is 285 g/mol. The Balaban J connectivity index is 1.74. The molecule has 3 heterocycles. The van der Waals surface area contributed by atoms with Crippen molar-refractivity contribution in [2.24, 2.45) is 5.11 Å². The number of hydrogen-bond donors (Lipinski definition) is 0. The normalized spacial score (nSPS) is 18.2. The van der Waals surface area contributed by atoms with Gasteiger partial charge in [0, 0.05) is 17.7 Å². The maximum absolute atomic E-state index is 8.29. The molecule has 1 fully saturated rings. The van der Waals surface area contributed by atoms with Crippen molar-refractivity contribution in [3.63, 3.8) is 0 Å². The van der Waals surface area contributed by atoms with Gasteiger partial charge in [-0.1, -0.05) is 11.2 Å².